The van der Waals surface area contributed by atoms with Crippen LogP contribution in [0, 0.1) is 5.92 Å². The molecule has 0 bridgehead atoms. The lowest BCUT2D eigenvalue weighted by atomic mass is 9.75. The number of ether oxygens (including phenoxy) is 2. The van der Waals surface area contributed by atoms with E-state index in [1.54, 1.807) is 0 Å². The SMILES string of the molecule is O=C1C[C@@H](C(=O)N2CCOc3ccccc3C2)C2(CCCCC2)O1. The van der Waals surface area contributed by atoms with Crippen LogP contribution in [-0.4, -0.2) is 35.5 Å². The molecule has 3 aliphatic rings. The number of carbonyl (C=O) groups is 2. The molecule has 0 unspecified atom stereocenters. The van der Waals surface area contributed by atoms with Gasteiger partial charge < -0.3 is 14.4 Å². The van der Waals surface area contributed by atoms with Crippen LogP contribution >= 0.6 is 0 Å². The van der Waals surface area contributed by atoms with Gasteiger partial charge in [0, 0.05) is 12.1 Å². The van der Waals surface area contributed by atoms with E-state index in [4.69, 9.17) is 9.47 Å². The van der Waals surface area contributed by atoms with E-state index in [2.05, 4.69) is 0 Å². The van der Waals surface area contributed by atoms with Gasteiger partial charge in [0.15, 0.2) is 0 Å². The van der Waals surface area contributed by atoms with E-state index in [0.29, 0.717) is 19.7 Å². The number of hydrogen-bond donors (Lipinski definition) is 0. The normalized spacial score (nSPS) is 25.6. The van der Waals surface area contributed by atoms with Crippen LogP contribution in [0.4, 0.5) is 0 Å². The van der Waals surface area contributed by atoms with Crippen molar-refractivity contribution in [2.45, 2.75) is 50.7 Å². The molecule has 2 heterocycles. The molecule has 2 fully saturated rings. The molecule has 128 valence electrons. The lowest BCUT2D eigenvalue weighted by Crippen LogP contribution is -2.47. The fraction of sp³-hybridized carbons (Fsp3) is 0.579. The van der Waals surface area contributed by atoms with Crippen molar-refractivity contribution in [1.82, 2.24) is 4.90 Å². The Hall–Kier alpha value is -2.04. The number of carbonyl (C=O) groups excluding carboxylic acids is 2. The highest BCUT2D eigenvalue weighted by molar-refractivity contribution is 5.88. The summed E-state index contributed by atoms with van der Waals surface area (Å²) in [6, 6.07) is 7.83. The molecule has 2 aliphatic heterocycles. The molecule has 1 aliphatic carbocycles. The number of hydrogen-bond acceptors (Lipinski definition) is 4. The van der Waals surface area contributed by atoms with Gasteiger partial charge in [-0.25, -0.2) is 0 Å². The van der Waals surface area contributed by atoms with Crippen molar-refractivity contribution in [3.8, 4) is 5.75 Å². The zero-order valence-corrected chi connectivity index (χ0v) is 13.8. The third kappa shape index (κ3) is 2.66. The Morgan fingerprint density at radius 2 is 1.96 bits per heavy atom. The summed E-state index contributed by atoms with van der Waals surface area (Å²) in [7, 11) is 0. The highest BCUT2D eigenvalue weighted by atomic mass is 16.6. The molecule has 1 spiro atoms. The third-order valence-electron chi connectivity index (χ3n) is 5.59. The molecule has 5 heteroatoms. The molecule has 1 aromatic carbocycles. The molecular formula is C19H23NO4. The molecule has 1 amide bonds. The van der Waals surface area contributed by atoms with Gasteiger partial charge in [0.05, 0.1) is 18.9 Å². The minimum Gasteiger partial charge on any atom is -0.491 e. The summed E-state index contributed by atoms with van der Waals surface area (Å²) in [4.78, 5) is 27.0. The highest BCUT2D eigenvalue weighted by Gasteiger charge is 2.53. The van der Waals surface area contributed by atoms with E-state index in [1.165, 1.54) is 0 Å². The monoisotopic (exact) mass is 329 g/mol. The molecule has 1 atom stereocenters. The molecule has 5 nitrogen and oxygen atoms in total. The molecule has 0 N–H and O–H groups in total. The van der Waals surface area contributed by atoms with Crippen molar-refractivity contribution in [3.05, 3.63) is 29.8 Å². The molecule has 1 saturated carbocycles. The number of amides is 1. The summed E-state index contributed by atoms with van der Waals surface area (Å²) in [6.07, 6.45) is 5.07. The van der Waals surface area contributed by atoms with Crippen molar-refractivity contribution >= 4 is 11.9 Å². The van der Waals surface area contributed by atoms with Crippen molar-refractivity contribution in [2.24, 2.45) is 5.92 Å². The van der Waals surface area contributed by atoms with Crippen LogP contribution in [0.25, 0.3) is 0 Å². The summed E-state index contributed by atoms with van der Waals surface area (Å²) >= 11 is 0. The van der Waals surface area contributed by atoms with E-state index in [0.717, 1.165) is 43.4 Å². The third-order valence-corrected chi connectivity index (χ3v) is 5.59. The molecular weight excluding hydrogens is 306 g/mol. The standard InChI is InChI=1S/C19H23NO4/c21-17-12-15(19(24-17)8-4-1-5-9-19)18(22)20-10-11-23-16-7-3-2-6-14(16)13-20/h2-3,6-7,15H,1,4-5,8-13H2/t15-/m0/s1. The molecule has 4 rings (SSSR count). The zero-order chi connectivity index (χ0) is 16.6. The minimum atomic E-state index is -0.556. The minimum absolute atomic E-state index is 0.0445. The van der Waals surface area contributed by atoms with Gasteiger partial charge in [-0.3, -0.25) is 9.59 Å². The topological polar surface area (TPSA) is 55.8 Å². The van der Waals surface area contributed by atoms with Gasteiger partial charge in [-0.2, -0.15) is 0 Å². The van der Waals surface area contributed by atoms with Gasteiger partial charge in [-0.1, -0.05) is 24.6 Å². The Morgan fingerprint density at radius 1 is 1.17 bits per heavy atom. The van der Waals surface area contributed by atoms with Gasteiger partial charge in [-0.15, -0.1) is 0 Å². The van der Waals surface area contributed by atoms with Gasteiger partial charge in [-0.05, 0) is 31.7 Å². The van der Waals surface area contributed by atoms with E-state index in [-0.39, 0.29) is 24.2 Å². The molecule has 24 heavy (non-hydrogen) atoms. The lowest BCUT2D eigenvalue weighted by Gasteiger charge is -2.37. The van der Waals surface area contributed by atoms with E-state index >= 15 is 0 Å². The summed E-state index contributed by atoms with van der Waals surface area (Å²) in [5.41, 5.74) is 0.463. The molecule has 0 radical (unpaired) electrons. The molecule has 1 aromatic rings. The molecule has 1 saturated heterocycles. The Labute approximate surface area is 141 Å². The van der Waals surface area contributed by atoms with E-state index in [9.17, 15) is 9.59 Å². The quantitative estimate of drug-likeness (QED) is 0.743. The Kier molecular flexibility index (Phi) is 3.94. The molecule has 0 aromatic heterocycles. The first-order chi connectivity index (χ1) is 11.7. The second kappa shape index (κ2) is 6.11. The number of para-hydroxylation sites is 1. The Balaban J connectivity index is 1.57. The summed E-state index contributed by atoms with van der Waals surface area (Å²) < 4.78 is 11.5. The lowest BCUT2D eigenvalue weighted by molar-refractivity contribution is -0.156. The number of rotatable bonds is 1. The van der Waals surface area contributed by atoms with Gasteiger partial charge in [0.1, 0.15) is 18.0 Å². The van der Waals surface area contributed by atoms with Crippen molar-refractivity contribution in [3.63, 3.8) is 0 Å². The number of fused-ring (bicyclic) bond motifs is 1. The fourth-order valence-electron chi connectivity index (χ4n) is 4.34. The van der Waals surface area contributed by atoms with Crippen LogP contribution in [0.3, 0.4) is 0 Å². The maximum Gasteiger partial charge on any atom is 0.307 e. The van der Waals surface area contributed by atoms with E-state index in [1.807, 2.05) is 29.2 Å². The van der Waals surface area contributed by atoms with Crippen molar-refractivity contribution in [1.29, 1.82) is 0 Å². The predicted molar refractivity (Wildman–Crippen MR) is 87.4 cm³/mol. The summed E-state index contributed by atoms with van der Waals surface area (Å²) in [6.45, 7) is 1.57. The van der Waals surface area contributed by atoms with Gasteiger partial charge >= 0.3 is 5.97 Å². The smallest absolute Gasteiger partial charge is 0.307 e. The second-order valence-electron chi connectivity index (χ2n) is 7.07. The average Bonchev–Trinajstić information content (AvgIpc) is 2.78. The highest BCUT2D eigenvalue weighted by Crippen LogP contribution is 2.45. The van der Waals surface area contributed by atoms with Crippen LogP contribution in [0.5, 0.6) is 5.75 Å². The first-order valence-corrected chi connectivity index (χ1v) is 8.89. The largest absolute Gasteiger partial charge is 0.491 e. The number of benzene rings is 1. The van der Waals surface area contributed by atoms with E-state index < -0.39 is 5.60 Å². The second-order valence-corrected chi connectivity index (χ2v) is 7.07. The first kappa shape index (κ1) is 15.5. The predicted octanol–water partition coefficient (Wildman–Crippen LogP) is 2.67. The van der Waals surface area contributed by atoms with Crippen molar-refractivity contribution < 1.29 is 19.1 Å². The fourth-order valence-corrected chi connectivity index (χ4v) is 4.34. The van der Waals surface area contributed by atoms with Gasteiger partial charge in [0.25, 0.3) is 0 Å². The van der Waals surface area contributed by atoms with Crippen LogP contribution in [-0.2, 0) is 20.9 Å². The van der Waals surface area contributed by atoms with Crippen molar-refractivity contribution in [2.75, 3.05) is 13.2 Å². The first-order valence-electron chi connectivity index (χ1n) is 8.89. The maximum absolute atomic E-state index is 13.2. The average molecular weight is 329 g/mol. The van der Waals surface area contributed by atoms with Gasteiger partial charge in [0.2, 0.25) is 5.91 Å². The zero-order valence-electron chi connectivity index (χ0n) is 13.8. The Morgan fingerprint density at radius 3 is 2.79 bits per heavy atom. The maximum atomic E-state index is 13.2. The Bertz CT molecular complexity index is 651. The van der Waals surface area contributed by atoms with Crippen LogP contribution < -0.4 is 4.74 Å². The van der Waals surface area contributed by atoms with Crippen LogP contribution in [0.1, 0.15) is 44.1 Å². The summed E-state index contributed by atoms with van der Waals surface area (Å²) in [5.74, 6) is 0.333. The number of nitrogens with zero attached hydrogens (tertiary/aromatic N) is 1. The summed E-state index contributed by atoms with van der Waals surface area (Å²) in [5, 5.41) is 0. The van der Waals surface area contributed by atoms with Crippen LogP contribution in [0.2, 0.25) is 0 Å². The number of esters is 1. The van der Waals surface area contributed by atoms with Crippen LogP contribution in [0.15, 0.2) is 24.3 Å².